The van der Waals surface area contributed by atoms with Crippen LogP contribution in [0.25, 0.3) is 0 Å². The van der Waals surface area contributed by atoms with E-state index in [0.717, 1.165) is 0 Å². The topological polar surface area (TPSA) is 102 Å². The highest BCUT2D eigenvalue weighted by molar-refractivity contribution is 6.33. The van der Waals surface area contributed by atoms with Crippen molar-refractivity contribution >= 4 is 29.3 Å². The average molecular weight is 310 g/mol. The van der Waals surface area contributed by atoms with Crippen LogP contribution in [0.3, 0.4) is 0 Å². The van der Waals surface area contributed by atoms with Gasteiger partial charge in [-0.3, -0.25) is 0 Å². The molecule has 3 N–H and O–H groups in total. The largest absolute Gasteiger partial charge is 0.480 e. The lowest BCUT2D eigenvalue weighted by Gasteiger charge is -2.28. The number of halogens is 1. The van der Waals surface area contributed by atoms with E-state index in [1.807, 2.05) is 6.07 Å². The third-order valence-electron chi connectivity index (χ3n) is 3.32. The van der Waals surface area contributed by atoms with Gasteiger partial charge in [0, 0.05) is 0 Å². The zero-order valence-electron chi connectivity index (χ0n) is 11.7. The van der Waals surface area contributed by atoms with Crippen LogP contribution in [0.1, 0.15) is 32.3 Å². The van der Waals surface area contributed by atoms with E-state index in [1.165, 1.54) is 18.2 Å². The standard InChI is InChI=1S/C14H16ClN3O3/c1-3-14(4-2,12(19)20)18-13(21)17-11-6-5-9(8-16)7-10(11)15/h5-7H,3-4H2,1-2H3,(H,19,20)(H2,17,18,21). The molecule has 1 rings (SSSR count). The molecule has 2 amide bonds. The second-order valence-electron chi connectivity index (χ2n) is 4.48. The van der Waals surface area contributed by atoms with Crippen molar-refractivity contribution in [1.82, 2.24) is 5.32 Å². The number of carboxylic acids is 1. The Kier molecular flexibility index (Phi) is 5.56. The molecule has 0 saturated heterocycles. The average Bonchev–Trinajstić information content (AvgIpc) is 2.46. The third-order valence-corrected chi connectivity index (χ3v) is 3.63. The molecule has 0 aliphatic heterocycles. The van der Waals surface area contributed by atoms with Gasteiger partial charge in [0.2, 0.25) is 0 Å². The Hall–Kier alpha value is -2.26. The number of hydrogen-bond acceptors (Lipinski definition) is 3. The summed E-state index contributed by atoms with van der Waals surface area (Å²) in [6.45, 7) is 3.37. The summed E-state index contributed by atoms with van der Waals surface area (Å²) in [5.74, 6) is -1.09. The first-order valence-electron chi connectivity index (χ1n) is 6.40. The van der Waals surface area contributed by atoms with Gasteiger partial charge in [-0.2, -0.15) is 5.26 Å². The van der Waals surface area contributed by atoms with Crippen molar-refractivity contribution in [3.63, 3.8) is 0 Å². The normalized spacial score (nSPS) is 10.6. The minimum atomic E-state index is -1.32. The van der Waals surface area contributed by atoms with E-state index in [1.54, 1.807) is 13.8 Å². The van der Waals surface area contributed by atoms with Crippen molar-refractivity contribution in [2.75, 3.05) is 5.32 Å². The Labute approximate surface area is 127 Å². The summed E-state index contributed by atoms with van der Waals surface area (Å²) in [6, 6.07) is 5.68. The zero-order valence-corrected chi connectivity index (χ0v) is 12.5. The van der Waals surface area contributed by atoms with E-state index >= 15 is 0 Å². The number of nitrogens with zero attached hydrogens (tertiary/aromatic N) is 1. The number of nitrogens with one attached hydrogen (secondary N) is 2. The number of aliphatic carboxylic acids is 1. The van der Waals surface area contributed by atoms with E-state index < -0.39 is 17.5 Å². The number of hydrogen-bond donors (Lipinski definition) is 3. The van der Waals surface area contributed by atoms with Crippen LogP contribution in [-0.4, -0.2) is 22.6 Å². The highest BCUT2D eigenvalue weighted by Crippen LogP contribution is 2.23. The van der Waals surface area contributed by atoms with Crippen LogP contribution in [0.2, 0.25) is 5.02 Å². The van der Waals surface area contributed by atoms with Gasteiger partial charge in [0.05, 0.1) is 22.3 Å². The minimum Gasteiger partial charge on any atom is -0.480 e. The highest BCUT2D eigenvalue weighted by atomic mass is 35.5. The van der Waals surface area contributed by atoms with Gasteiger partial charge >= 0.3 is 12.0 Å². The van der Waals surface area contributed by atoms with Gasteiger partial charge in [0.1, 0.15) is 5.54 Å². The molecule has 0 heterocycles. The smallest absolute Gasteiger partial charge is 0.329 e. The molecule has 0 atom stereocenters. The molecular weight excluding hydrogens is 294 g/mol. The molecule has 21 heavy (non-hydrogen) atoms. The summed E-state index contributed by atoms with van der Waals surface area (Å²) in [6.07, 6.45) is 0.515. The molecule has 0 aliphatic rings. The predicted octanol–water partition coefficient (Wildman–Crippen LogP) is 2.98. The third kappa shape index (κ3) is 3.86. The summed E-state index contributed by atoms with van der Waals surface area (Å²) in [5.41, 5.74) is -0.643. The first-order chi connectivity index (χ1) is 9.88. The lowest BCUT2D eigenvalue weighted by atomic mass is 9.93. The summed E-state index contributed by atoms with van der Waals surface area (Å²) < 4.78 is 0. The molecule has 7 heteroatoms. The molecule has 0 aromatic heterocycles. The lowest BCUT2D eigenvalue weighted by Crippen LogP contribution is -2.55. The van der Waals surface area contributed by atoms with E-state index in [0.29, 0.717) is 11.3 Å². The second-order valence-corrected chi connectivity index (χ2v) is 4.89. The number of carbonyl (C=O) groups excluding carboxylic acids is 1. The predicted molar refractivity (Wildman–Crippen MR) is 79.3 cm³/mol. The van der Waals surface area contributed by atoms with Crippen LogP contribution in [0.4, 0.5) is 10.5 Å². The maximum absolute atomic E-state index is 11.9. The Balaban J connectivity index is 2.87. The minimum absolute atomic E-state index is 0.207. The van der Waals surface area contributed by atoms with Gasteiger partial charge < -0.3 is 15.7 Å². The van der Waals surface area contributed by atoms with Crippen molar-refractivity contribution in [1.29, 1.82) is 5.26 Å². The van der Waals surface area contributed by atoms with Crippen LogP contribution in [0, 0.1) is 11.3 Å². The number of carbonyl (C=O) groups is 2. The quantitative estimate of drug-likeness (QED) is 0.778. The van der Waals surface area contributed by atoms with Gasteiger partial charge in [-0.05, 0) is 31.0 Å². The van der Waals surface area contributed by atoms with Crippen LogP contribution in [-0.2, 0) is 4.79 Å². The van der Waals surface area contributed by atoms with Crippen molar-refractivity contribution in [3.05, 3.63) is 28.8 Å². The number of urea groups is 1. The number of benzene rings is 1. The first-order valence-corrected chi connectivity index (χ1v) is 6.78. The number of nitriles is 1. The fourth-order valence-corrected chi connectivity index (χ4v) is 2.07. The van der Waals surface area contributed by atoms with Gasteiger partial charge in [0.15, 0.2) is 0 Å². The number of anilines is 1. The maximum atomic E-state index is 11.9. The molecule has 112 valence electrons. The molecule has 0 spiro atoms. The number of rotatable bonds is 5. The SMILES string of the molecule is CCC(CC)(NC(=O)Nc1ccc(C#N)cc1Cl)C(=O)O. The molecule has 0 radical (unpaired) electrons. The van der Waals surface area contributed by atoms with Crippen LogP contribution >= 0.6 is 11.6 Å². The Bertz CT molecular complexity index is 592. The summed E-state index contributed by atoms with van der Waals surface area (Å²) in [5, 5.41) is 23.1. The van der Waals surface area contributed by atoms with Crippen molar-refractivity contribution in [2.45, 2.75) is 32.2 Å². The monoisotopic (exact) mass is 309 g/mol. The fraction of sp³-hybridized carbons (Fsp3) is 0.357. The van der Waals surface area contributed by atoms with Gasteiger partial charge in [-0.25, -0.2) is 9.59 Å². The molecule has 6 nitrogen and oxygen atoms in total. The molecule has 0 fully saturated rings. The molecule has 0 unspecified atom stereocenters. The van der Waals surface area contributed by atoms with E-state index in [9.17, 15) is 14.7 Å². The molecule has 0 aliphatic carbocycles. The van der Waals surface area contributed by atoms with Crippen molar-refractivity contribution in [2.24, 2.45) is 0 Å². The van der Waals surface area contributed by atoms with E-state index in [4.69, 9.17) is 16.9 Å². The van der Waals surface area contributed by atoms with Gasteiger partial charge in [0.25, 0.3) is 0 Å². The lowest BCUT2D eigenvalue weighted by molar-refractivity contribution is -0.144. The Morgan fingerprint density at radius 3 is 2.43 bits per heavy atom. The zero-order chi connectivity index (χ0) is 16.0. The van der Waals surface area contributed by atoms with Crippen LogP contribution in [0.15, 0.2) is 18.2 Å². The number of amides is 2. The number of carboxylic acid groups (broad SMARTS) is 1. The van der Waals surface area contributed by atoms with Gasteiger partial charge in [-0.1, -0.05) is 25.4 Å². The van der Waals surface area contributed by atoms with Crippen molar-refractivity contribution < 1.29 is 14.7 Å². The first kappa shape index (κ1) is 16.8. The van der Waals surface area contributed by atoms with Gasteiger partial charge in [-0.15, -0.1) is 0 Å². The summed E-state index contributed by atoms with van der Waals surface area (Å²) >= 11 is 5.94. The van der Waals surface area contributed by atoms with E-state index in [-0.39, 0.29) is 17.9 Å². The Morgan fingerprint density at radius 2 is 2.00 bits per heavy atom. The van der Waals surface area contributed by atoms with Crippen LogP contribution < -0.4 is 10.6 Å². The molecule has 0 saturated carbocycles. The van der Waals surface area contributed by atoms with Crippen molar-refractivity contribution in [3.8, 4) is 6.07 Å². The molecular formula is C14H16ClN3O3. The summed E-state index contributed by atoms with van der Waals surface area (Å²) in [4.78, 5) is 23.3. The second kappa shape index (κ2) is 6.95. The van der Waals surface area contributed by atoms with E-state index in [2.05, 4.69) is 10.6 Å². The molecule has 0 bridgehead atoms. The Morgan fingerprint density at radius 1 is 1.38 bits per heavy atom. The summed E-state index contributed by atoms with van der Waals surface area (Å²) in [7, 11) is 0. The fourth-order valence-electron chi connectivity index (χ4n) is 1.84. The molecule has 1 aromatic rings. The maximum Gasteiger partial charge on any atom is 0.329 e. The van der Waals surface area contributed by atoms with Crippen LogP contribution in [0.5, 0.6) is 0 Å². The highest BCUT2D eigenvalue weighted by Gasteiger charge is 2.36. The molecule has 1 aromatic carbocycles.